The van der Waals surface area contributed by atoms with Crippen molar-refractivity contribution in [3.05, 3.63) is 71.2 Å². The third-order valence-electron chi connectivity index (χ3n) is 4.59. The van der Waals surface area contributed by atoms with Crippen LogP contribution in [0.25, 0.3) is 10.6 Å². The molecule has 0 spiro atoms. The molecule has 0 unspecified atom stereocenters. The summed E-state index contributed by atoms with van der Waals surface area (Å²) >= 11 is 1.65. The predicted octanol–water partition coefficient (Wildman–Crippen LogP) is 3.58. The number of pyridine rings is 1. The van der Waals surface area contributed by atoms with Crippen molar-refractivity contribution >= 4 is 22.9 Å². The molecule has 1 fully saturated rings. The van der Waals surface area contributed by atoms with Crippen LogP contribution in [-0.2, 0) is 11.3 Å². The number of thiophene rings is 1. The Labute approximate surface area is 162 Å². The van der Waals surface area contributed by atoms with Gasteiger partial charge in [0.15, 0.2) is 0 Å². The lowest BCUT2D eigenvalue weighted by molar-refractivity contribution is 0.0951. The molecule has 27 heavy (non-hydrogen) atoms. The van der Waals surface area contributed by atoms with Gasteiger partial charge in [-0.2, -0.15) is 0 Å². The molecule has 0 atom stereocenters. The van der Waals surface area contributed by atoms with Crippen molar-refractivity contribution in [3.8, 4) is 10.6 Å². The van der Waals surface area contributed by atoms with Crippen molar-refractivity contribution in [2.75, 3.05) is 31.2 Å². The van der Waals surface area contributed by atoms with E-state index in [0.29, 0.717) is 12.1 Å². The highest BCUT2D eigenvalue weighted by Crippen LogP contribution is 2.25. The lowest BCUT2D eigenvalue weighted by Crippen LogP contribution is -2.36. The van der Waals surface area contributed by atoms with E-state index in [1.165, 1.54) is 0 Å². The lowest BCUT2D eigenvalue weighted by Gasteiger charge is -2.28. The van der Waals surface area contributed by atoms with Gasteiger partial charge in [-0.15, -0.1) is 11.3 Å². The Bertz CT molecular complexity index is 888. The van der Waals surface area contributed by atoms with Crippen molar-refractivity contribution < 1.29 is 9.53 Å². The molecule has 1 aromatic carbocycles. The number of nitrogens with one attached hydrogen (secondary N) is 1. The lowest BCUT2D eigenvalue weighted by atomic mass is 10.1. The number of rotatable bonds is 5. The van der Waals surface area contributed by atoms with Gasteiger partial charge < -0.3 is 15.0 Å². The monoisotopic (exact) mass is 379 g/mol. The first-order valence-corrected chi connectivity index (χ1v) is 9.88. The third-order valence-corrected chi connectivity index (χ3v) is 5.47. The predicted molar refractivity (Wildman–Crippen MR) is 108 cm³/mol. The second kappa shape index (κ2) is 8.33. The van der Waals surface area contributed by atoms with E-state index in [0.717, 1.165) is 48.1 Å². The van der Waals surface area contributed by atoms with E-state index >= 15 is 0 Å². The number of aromatic nitrogens is 1. The number of benzene rings is 1. The van der Waals surface area contributed by atoms with E-state index in [-0.39, 0.29) is 5.91 Å². The van der Waals surface area contributed by atoms with E-state index in [9.17, 15) is 4.79 Å². The SMILES string of the molecule is O=C(NCc1cccnc1-c1cccs1)c1ccc(N2CCOCC2)cc1. The van der Waals surface area contributed by atoms with Crippen LogP contribution in [0.2, 0.25) is 0 Å². The van der Waals surface area contributed by atoms with Gasteiger partial charge in [0.2, 0.25) is 0 Å². The third kappa shape index (κ3) is 4.18. The molecular formula is C21H21N3O2S. The molecule has 4 rings (SSSR count). The number of carbonyl (C=O) groups is 1. The summed E-state index contributed by atoms with van der Waals surface area (Å²) in [5, 5.41) is 5.04. The van der Waals surface area contributed by atoms with Gasteiger partial charge in [-0.05, 0) is 47.3 Å². The minimum absolute atomic E-state index is 0.0792. The van der Waals surface area contributed by atoms with Gasteiger partial charge in [-0.25, -0.2) is 0 Å². The zero-order chi connectivity index (χ0) is 18.5. The highest BCUT2D eigenvalue weighted by atomic mass is 32.1. The number of carbonyl (C=O) groups excluding carboxylic acids is 1. The van der Waals surface area contributed by atoms with Crippen LogP contribution in [0.3, 0.4) is 0 Å². The maximum atomic E-state index is 12.5. The summed E-state index contributed by atoms with van der Waals surface area (Å²) in [4.78, 5) is 20.4. The molecule has 2 aromatic heterocycles. The number of hydrogen-bond acceptors (Lipinski definition) is 5. The molecule has 1 N–H and O–H groups in total. The Balaban J connectivity index is 1.41. The van der Waals surface area contributed by atoms with E-state index in [1.54, 1.807) is 17.5 Å². The molecule has 0 aliphatic carbocycles. The highest BCUT2D eigenvalue weighted by Gasteiger charge is 2.13. The number of morpholine rings is 1. The molecular weight excluding hydrogens is 358 g/mol. The van der Waals surface area contributed by atoms with Gasteiger partial charge in [-0.3, -0.25) is 9.78 Å². The molecule has 6 heteroatoms. The number of hydrogen-bond donors (Lipinski definition) is 1. The Hall–Kier alpha value is -2.70. The summed E-state index contributed by atoms with van der Waals surface area (Å²) < 4.78 is 5.38. The topological polar surface area (TPSA) is 54.5 Å². The van der Waals surface area contributed by atoms with Crippen molar-refractivity contribution in [2.45, 2.75) is 6.54 Å². The fraction of sp³-hybridized carbons (Fsp3) is 0.238. The average molecular weight is 379 g/mol. The van der Waals surface area contributed by atoms with Gasteiger partial charge in [-0.1, -0.05) is 12.1 Å². The first-order chi connectivity index (χ1) is 13.3. The maximum Gasteiger partial charge on any atom is 0.251 e. The quantitative estimate of drug-likeness (QED) is 0.736. The van der Waals surface area contributed by atoms with Gasteiger partial charge in [0.1, 0.15) is 0 Å². The summed E-state index contributed by atoms with van der Waals surface area (Å²) in [5.41, 5.74) is 3.73. The molecule has 3 aromatic rings. The number of nitrogens with zero attached hydrogens (tertiary/aromatic N) is 2. The summed E-state index contributed by atoms with van der Waals surface area (Å²) in [7, 11) is 0. The minimum atomic E-state index is -0.0792. The zero-order valence-corrected chi connectivity index (χ0v) is 15.7. The van der Waals surface area contributed by atoms with Crippen LogP contribution in [0.15, 0.2) is 60.1 Å². The van der Waals surface area contributed by atoms with Crippen LogP contribution < -0.4 is 10.2 Å². The Morgan fingerprint density at radius 3 is 2.67 bits per heavy atom. The summed E-state index contributed by atoms with van der Waals surface area (Å²) in [5.74, 6) is -0.0792. The van der Waals surface area contributed by atoms with Crippen molar-refractivity contribution in [3.63, 3.8) is 0 Å². The van der Waals surface area contributed by atoms with Crippen molar-refractivity contribution in [1.29, 1.82) is 0 Å². The van der Waals surface area contributed by atoms with Gasteiger partial charge in [0.05, 0.1) is 23.8 Å². The Kier molecular flexibility index (Phi) is 5.46. The second-order valence-electron chi connectivity index (χ2n) is 6.32. The molecule has 3 heterocycles. The number of anilines is 1. The summed E-state index contributed by atoms with van der Waals surface area (Å²) in [6, 6.07) is 15.7. The molecule has 0 bridgehead atoms. The first kappa shape index (κ1) is 17.7. The zero-order valence-electron chi connectivity index (χ0n) is 14.9. The number of amides is 1. The highest BCUT2D eigenvalue weighted by molar-refractivity contribution is 7.13. The molecule has 1 saturated heterocycles. The standard InChI is InChI=1S/C21H21N3O2S/c25-21(16-5-7-18(8-6-16)24-10-12-26-13-11-24)23-15-17-3-1-9-22-20(17)19-4-2-14-27-19/h1-9,14H,10-13,15H2,(H,23,25). The van der Waals surface area contributed by atoms with E-state index < -0.39 is 0 Å². The van der Waals surface area contributed by atoms with Gasteiger partial charge >= 0.3 is 0 Å². The second-order valence-corrected chi connectivity index (χ2v) is 7.27. The summed E-state index contributed by atoms with van der Waals surface area (Å²) in [6.45, 7) is 3.72. The fourth-order valence-corrected chi connectivity index (χ4v) is 3.90. The molecule has 138 valence electrons. The normalized spacial score (nSPS) is 14.1. The van der Waals surface area contributed by atoms with Crippen LogP contribution in [-0.4, -0.2) is 37.2 Å². The van der Waals surface area contributed by atoms with Gasteiger partial charge in [0.25, 0.3) is 5.91 Å². The van der Waals surface area contributed by atoms with E-state index in [4.69, 9.17) is 4.74 Å². The van der Waals surface area contributed by atoms with Crippen LogP contribution >= 0.6 is 11.3 Å². The minimum Gasteiger partial charge on any atom is -0.378 e. The Morgan fingerprint density at radius 2 is 1.93 bits per heavy atom. The largest absolute Gasteiger partial charge is 0.378 e. The van der Waals surface area contributed by atoms with Crippen LogP contribution in [0.5, 0.6) is 0 Å². The smallest absolute Gasteiger partial charge is 0.251 e. The maximum absolute atomic E-state index is 12.5. The van der Waals surface area contributed by atoms with Crippen LogP contribution in [0.1, 0.15) is 15.9 Å². The molecule has 0 saturated carbocycles. The molecule has 1 aliphatic heterocycles. The van der Waals surface area contributed by atoms with E-state index in [1.807, 2.05) is 53.9 Å². The molecule has 0 radical (unpaired) electrons. The van der Waals surface area contributed by atoms with Gasteiger partial charge in [0, 0.05) is 37.1 Å². The Morgan fingerprint density at radius 1 is 1.11 bits per heavy atom. The fourth-order valence-electron chi connectivity index (χ4n) is 3.14. The molecule has 1 aliphatic rings. The van der Waals surface area contributed by atoms with Crippen LogP contribution in [0.4, 0.5) is 5.69 Å². The van der Waals surface area contributed by atoms with E-state index in [2.05, 4.69) is 15.2 Å². The number of ether oxygens (including phenoxy) is 1. The molecule has 1 amide bonds. The first-order valence-electron chi connectivity index (χ1n) is 9.00. The van der Waals surface area contributed by atoms with Crippen LogP contribution in [0, 0.1) is 0 Å². The van der Waals surface area contributed by atoms with Crippen molar-refractivity contribution in [1.82, 2.24) is 10.3 Å². The average Bonchev–Trinajstić information content (AvgIpc) is 3.28. The van der Waals surface area contributed by atoms with Crippen molar-refractivity contribution in [2.24, 2.45) is 0 Å². The molecule has 5 nitrogen and oxygen atoms in total. The summed E-state index contributed by atoms with van der Waals surface area (Å²) in [6.07, 6.45) is 1.78.